The normalized spacial score (nSPS) is 11.0. The lowest BCUT2D eigenvalue weighted by molar-refractivity contribution is 0.0704. The zero-order chi connectivity index (χ0) is 23.8. The Labute approximate surface area is 198 Å². The molecule has 0 spiro atoms. The van der Waals surface area contributed by atoms with E-state index in [1.165, 1.54) is 20.3 Å². The van der Waals surface area contributed by atoms with Crippen molar-refractivity contribution in [3.63, 3.8) is 0 Å². The van der Waals surface area contributed by atoms with E-state index in [0.717, 1.165) is 0 Å². The highest BCUT2D eigenvalue weighted by atomic mass is 35.5. The summed E-state index contributed by atoms with van der Waals surface area (Å²) in [5.41, 5.74) is 1.23. The summed E-state index contributed by atoms with van der Waals surface area (Å²) in [4.78, 5) is 25.3. The fourth-order valence-corrected chi connectivity index (χ4v) is 3.81. The van der Waals surface area contributed by atoms with Crippen molar-refractivity contribution in [1.29, 1.82) is 0 Å². The molecule has 170 valence electrons. The van der Waals surface area contributed by atoms with Crippen LogP contribution in [-0.2, 0) is 0 Å². The Kier molecular flexibility index (Phi) is 5.47. The zero-order valence-corrected chi connectivity index (χ0v) is 18.8. The summed E-state index contributed by atoms with van der Waals surface area (Å²) in [5.74, 6) is 0.599. The van der Waals surface area contributed by atoms with Crippen LogP contribution in [0.2, 0.25) is 5.02 Å². The highest BCUT2D eigenvalue weighted by Crippen LogP contribution is 2.32. The molecule has 0 saturated heterocycles. The highest BCUT2D eigenvalue weighted by molar-refractivity contribution is 6.31. The Morgan fingerprint density at radius 1 is 0.794 bits per heavy atom. The van der Waals surface area contributed by atoms with Crippen LogP contribution in [0.15, 0.2) is 80.4 Å². The van der Waals surface area contributed by atoms with Crippen LogP contribution in [0.4, 0.5) is 0 Å². The zero-order valence-electron chi connectivity index (χ0n) is 18.1. The average Bonchev–Trinajstić information content (AvgIpc) is 3.26. The SMILES string of the molecule is COc1ccc(-c2cc3ccc(OC(=O)c4cc5cc(Cl)ccc5o4)cc3oc2=O)cc1OC. The number of rotatable bonds is 5. The van der Waals surface area contributed by atoms with E-state index in [-0.39, 0.29) is 17.1 Å². The minimum absolute atomic E-state index is 0.0302. The van der Waals surface area contributed by atoms with Gasteiger partial charge in [-0.05, 0) is 60.2 Å². The molecule has 0 aliphatic carbocycles. The summed E-state index contributed by atoms with van der Waals surface area (Å²) >= 11 is 5.98. The fraction of sp³-hybridized carbons (Fsp3) is 0.0769. The number of ether oxygens (including phenoxy) is 3. The maximum Gasteiger partial charge on any atom is 0.379 e. The number of esters is 1. The third-order valence-electron chi connectivity index (χ3n) is 5.29. The summed E-state index contributed by atoms with van der Waals surface area (Å²) in [7, 11) is 3.06. The van der Waals surface area contributed by atoms with Crippen LogP contribution in [0.3, 0.4) is 0 Å². The number of halogens is 1. The highest BCUT2D eigenvalue weighted by Gasteiger charge is 2.17. The molecule has 2 heterocycles. The number of benzene rings is 3. The van der Waals surface area contributed by atoms with Crippen LogP contribution in [0.1, 0.15) is 10.6 Å². The molecule has 0 aliphatic heterocycles. The van der Waals surface area contributed by atoms with Crippen molar-refractivity contribution in [2.24, 2.45) is 0 Å². The third kappa shape index (κ3) is 3.97. The Hall–Kier alpha value is -4.23. The van der Waals surface area contributed by atoms with Crippen LogP contribution in [-0.4, -0.2) is 20.2 Å². The van der Waals surface area contributed by atoms with Gasteiger partial charge in [0.25, 0.3) is 0 Å². The quantitative estimate of drug-likeness (QED) is 0.172. The van der Waals surface area contributed by atoms with Crippen LogP contribution in [0, 0.1) is 0 Å². The van der Waals surface area contributed by atoms with Gasteiger partial charge in [-0.2, -0.15) is 0 Å². The molecule has 0 amide bonds. The van der Waals surface area contributed by atoms with Crippen LogP contribution >= 0.6 is 11.6 Å². The van der Waals surface area contributed by atoms with Gasteiger partial charge < -0.3 is 23.0 Å². The molecule has 2 aromatic heterocycles. The largest absolute Gasteiger partial charge is 0.493 e. The van der Waals surface area contributed by atoms with E-state index in [2.05, 4.69) is 0 Å². The second-order valence-corrected chi connectivity index (χ2v) is 7.84. The van der Waals surface area contributed by atoms with E-state index in [0.29, 0.717) is 44.0 Å². The maximum atomic E-state index is 12.7. The minimum Gasteiger partial charge on any atom is -0.493 e. The number of carbonyl (C=O) groups excluding carboxylic acids is 1. The molecule has 0 bridgehead atoms. The predicted octanol–water partition coefficient (Wildman–Crippen LogP) is 6.10. The maximum absolute atomic E-state index is 12.7. The van der Waals surface area contributed by atoms with Gasteiger partial charge in [0.2, 0.25) is 5.76 Å². The Morgan fingerprint density at radius 3 is 2.41 bits per heavy atom. The van der Waals surface area contributed by atoms with Gasteiger partial charge in [-0.3, -0.25) is 0 Å². The lowest BCUT2D eigenvalue weighted by Crippen LogP contribution is -2.07. The number of hydrogen-bond acceptors (Lipinski definition) is 7. The first kappa shape index (κ1) is 21.6. The summed E-state index contributed by atoms with van der Waals surface area (Å²) in [6.07, 6.45) is 0. The molecule has 7 nitrogen and oxygen atoms in total. The molecule has 0 saturated carbocycles. The Morgan fingerprint density at radius 2 is 1.62 bits per heavy atom. The summed E-state index contributed by atoms with van der Waals surface area (Å²) in [6, 6.07) is 18.2. The second kappa shape index (κ2) is 8.61. The molecule has 5 aromatic rings. The molecule has 34 heavy (non-hydrogen) atoms. The average molecular weight is 477 g/mol. The topological polar surface area (TPSA) is 88.1 Å². The molecule has 0 N–H and O–H groups in total. The first-order chi connectivity index (χ1) is 16.4. The molecule has 0 atom stereocenters. The molecule has 0 aliphatic rings. The van der Waals surface area contributed by atoms with Crippen LogP contribution in [0.25, 0.3) is 33.1 Å². The summed E-state index contributed by atoms with van der Waals surface area (Å²) in [5, 5.41) is 1.87. The van der Waals surface area contributed by atoms with Gasteiger partial charge in [0.05, 0.1) is 19.8 Å². The van der Waals surface area contributed by atoms with Crippen molar-refractivity contribution in [2.45, 2.75) is 0 Å². The van der Waals surface area contributed by atoms with Crippen molar-refractivity contribution in [3.8, 4) is 28.4 Å². The molecule has 5 rings (SSSR count). The smallest absolute Gasteiger partial charge is 0.379 e. The number of carbonyl (C=O) groups is 1. The van der Waals surface area contributed by atoms with Crippen molar-refractivity contribution < 1.29 is 27.8 Å². The van der Waals surface area contributed by atoms with E-state index in [9.17, 15) is 9.59 Å². The van der Waals surface area contributed by atoms with Gasteiger partial charge >= 0.3 is 11.6 Å². The standard InChI is InChI=1S/C26H17ClO7/c1-30-21-7-4-14(11-23(21)31-2)19-10-15-3-6-18(13-22(15)34-25(19)28)32-26(29)24-12-16-9-17(27)5-8-20(16)33-24/h3-13H,1-2H3. The fourth-order valence-electron chi connectivity index (χ4n) is 3.63. The molecule has 8 heteroatoms. The van der Waals surface area contributed by atoms with E-state index in [1.54, 1.807) is 60.7 Å². The molecule has 0 unspecified atom stereocenters. The van der Waals surface area contributed by atoms with E-state index >= 15 is 0 Å². The van der Waals surface area contributed by atoms with Gasteiger partial charge in [-0.25, -0.2) is 9.59 Å². The van der Waals surface area contributed by atoms with Crippen molar-refractivity contribution in [2.75, 3.05) is 14.2 Å². The first-order valence-corrected chi connectivity index (χ1v) is 10.5. The first-order valence-electron chi connectivity index (χ1n) is 10.2. The van der Waals surface area contributed by atoms with Gasteiger partial charge in [-0.1, -0.05) is 17.7 Å². The van der Waals surface area contributed by atoms with Gasteiger partial charge in [0.15, 0.2) is 11.5 Å². The minimum atomic E-state index is -0.684. The monoisotopic (exact) mass is 476 g/mol. The summed E-state index contributed by atoms with van der Waals surface area (Å²) in [6.45, 7) is 0. The Bertz CT molecular complexity index is 1610. The molecular weight excluding hydrogens is 460 g/mol. The number of hydrogen-bond donors (Lipinski definition) is 0. The van der Waals surface area contributed by atoms with E-state index in [1.807, 2.05) is 0 Å². The molecule has 3 aromatic carbocycles. The second-order valence-electron chi connectivity index (χ2n) is 7.40. The van der Waals surface area contributed by atoms with Crippen molar-refractivity contribution >= 4 is 39.5 Å². The number of furan rings is 1. The third-order valence-corrected chi connectivity index (χ3v) is 5.53. The van der Waals surface area contributed by atoms with Crippen LogP contribution < -0.4 is 19.8 Å². The van der Waals surface area contributed by atoms with Gasteiger partial charge in [-0.15, -0.1) is 0 Å². The van der Waals surface area contributed by atoms with Gasteiger partial charge in [0.1, 0.15) is 16.9 Å². The lowest BCUT2D eigenvalue weighted by atomic mass is 10.1. The number of methoxy groups -OCH3 is 2. The van der Waals surface area contributed by atoms with E-state index < -0.39 is 11.6 Å². The van der Waals surface area contributed by atoms with Crippen molar-refractivity contribution in [1.82, 2.24) is 0 Å². The Balaban J connectivity index is 1.44. The van der Waals surface area contributed by atoms with E-state index in [4.69, 9.17) is 34.6 Å². The van der Waals surface area contributed by atoms with Crippen molar-refractivity contribution in [3.05, 3.63) is 87.9 Å². The summed E-state index contributed by atoms with van der Waals surface area (Å²) < 4.78 is 27.0. The number of fused-ring (bicyclic) bond motifs is 2. The van der Waals surface area contributed by atoms with Gasteiger partial charge in [0, 0.05) is 21.9 Å². The van der Waals surface area contributed by atoms with Crippen LogP contribution in [0.5, 0.6) is 17.2 Å². The predicted molar refractivity (Wildman–Crippen MR) is 127 cm³/mol. The lowest BCUT2D eigenvalue weighted by Gasteiger charge is -2.10. The molecule has 0 radical (unpaired) electrons. The molecular formula is C26H17ClO7. The molecule has 0 fully saturated rings.